The number of rotatable bonds is 6. The molecule has 1 N–H and O–H groups in total. The number of hydrogen-bond donors (Lipinski definition) is 1. The van der Waals surface area contributed by atoms with E-state index in [0.29, 0.717) is 25.1 Å². The number of thioether (sulfide) groups is 1. The molecule has 0 aliphatic carbocycles. The maximum atomic E-state index is 12.0. The van der Waals surface area contributed by atoms with E-state index >= 15 is 0 Å². The van der Waals surface area contributed by atoms with Crippen LogP contribution in [0.15, 0.2) is 5.38 Å². The third kappa shape index (κ3) is 3.96. The summed E-state index contributed by atoms with van der Waals surface area (Å²) in [6, 6.07) is -0.617. The third-order valence-corrected chi connectivity index (χ3v) is 5.05. The summed E-state index contributed by atoms with van der Waals surface area (Å²) < 4.78 is 0. The van der Waals surface area contributed by atoms with Crippen LogP contribution in [-0.4, -0.2) is 45.2 Å². The molecule has 1 amide bonds. The van der Waals surface area contributed by atoms with E-state index in [9.17, 15) is 9.59 Å². The normalized spacial score (nSPS) is 18.4. The van der Waals surface area contributed by atoms with Gasteiger partial charge in [-0.1, -0.05) is 0 Å². The van der Waals surface area contributed by atoms with Gasteiger partial charge in [0, 0.05) is 29.9 Å². The molecule has 2 rings (SSSR count). The SMILES string of the molecule is Cc1nc(CSCCC(=O)N2CCCC2C(=O)O)cs1. The Labute approximate surface area is 126 Å². The highest BCUT2D eigenvalue weighted by atomic mass is 32.2. The minimum atomic E-state index is -0.888. The summed E-state index contributed by atoms with van der Waals surface area (Å²) in [6.45, 7) is 2.55. The van der Waals surface area contributed by atoms with Crippen molar-refractivity contribution in [3.8, 4) is 0 Å². The third-order valence-electron chi connectivity index (χ3n) is 3.23. The van der Waals surface area contributed by atoms with E-state index in [-0.39, 0.29) is 5.91 Å². The second kappa shape index (κ2) is 7.08. The number of nitrogens with zero attached hydrogens (tertiary/aromatic N) is 2. The van der Waals surface area contributed by atoms with Crippen LogP contribution >= 0.6 is 23.1 Å². The predicted octanol–water partition coefficient (Wildman–Crippen LogP) is 2.15. The molecule has 1 saturated heterocycles. The van der Waals surface area contributed by atoms with Crippen molar-refractivity contribution >= 4 is 35.0 Å². The standard InChI is InChI=1S/C13H18N2O3S2/c1-9-14-10(8-20-9)7-19-6-4-12(16)15-5-2-3-11(15)13(17)18/h8,11H,2-7H2,1H3,(H,17,18). The number of carbonyl (C=O) groups excluding carboxylic acids is 1. The number of likely N-dealkylation sites (tertiary alicyclic amines) is 1. The van der Waals surface area contributed by atoms with E-state index in [2.05, 4.69) is 4.98 Å². The second-order valence-corrected chi connectivity index (χ2v) is 6.91. The Kier molecular flexibility index (Phi) is 5.42. The van der Waals surface area contributed by atoms with Gasteiger partial charge in [-0.2, -0.15) is 11.8 Å². The number of amides is 1. The predicted molar refractivity (Wildman–Crippen MR) is 80.0 cm³/mol. The second-order valence-electron chi connectivity index (χ2n) is 4.74. The molecule has 0 radical (unpaired) electrons. The molecule has 20 heavy (non-hydrogen) atoms. The first-order chi connectivity index (χ1) is 9.58. The summed E-state index contributed by atoms with van der Waals surface area (Å²) in [5, 5.41) is 12.1. The van der Waals surface area contributed by atoms with Gasteiger partial charge in [-0.05, 0) is 19.8 Å². The van der Waals surface area contributed by atoms with E-state index < -0.39 is 12.0 Å². The molecule has 1 aromatic heterocycles. The Morgan fingerprint density at radius 2 is 2.40 bits per heavy atom. The Morgan fingerprint density at radius 3 is 3.05 bits per heavy atom. The van der Waals surface area contributed by atoms with Crippen LogP contribution in [0.5, 0.6) is 0 Å². The van der Waals surface area contributed by atoms with Gasteiger partial charge in [0.25, 0.3) is 0 Å². The van der Waals surface area contributed by atoms with Gasteiger partial charge in [0.2, 0.25) is 5.91 Å². The number of carboxylic acid groups (broad SMARTS) is 1. The van der Waals surface area contributed by atoms with Crippen molar-refractivity contribution in [2.45, 2.75) is 38.0 Å². The van der Waals surface area contributed by atoms with Crippen molar-refractivity contribution in [3.63, 3.8) is 0 Å². The number of aliphatic carboxylic acids is 1. The molecule has 1 aliphatic rings. The van der Waals surface area contributed by atoms with Crippen LogP contribution < -0.4 is 0 Å². The zero-order chi connectivity index (χ0) is 14.5. The van der Waals surface area contributed by atoms with Crippen LogP contribution in [0.3, 0.4) is 0 Å². The smallest absolute Gasteiger partial charge is 0.326 e. The molecule has 7 heteroatoms. The molecule has 1 aliphatic heterocycles. The van der Waals surface area contributed by atoms with E-state index in [1.165, 1.54) is 4.90 Å². The van der Waals surface area contributed by atoms with E-state index in [1.54, 1.807) is 23.1 Å². The number of carboxylic acids is 1. The molecule has 2 heterocycles. The van der Waals surface area contributed by atoms with Crippen molar-refractivity contribution in [1.82, 2.24) is 9.88 Å². The Hall–Kier alpha value is -1.08. The number of carbonyl (C=O) groups is 2. The topological polar surface area (TPSA) is 70.5 Å². The lowest BCUT2D eigenvalue weighted by Crippen LogP contribution is -2.40. The molecule has 0 aromatic carbocycles. The van der Waals surface area contributed by atoms with E-state index in [4.69, 9.17) is 5.11 Å². The summed E-state index contributed by atoms with van der Waals surface area (Å²) >= 11 is 3.29. The minimum absolute atomic E-state index is 0.0446. The van der Waals surface area contributed by atoms with E-state index in [0.717, 1.165) is 22.9 Å². The van der Waals surface area contributed by atoms with Gasteiger partial charge in [0.15, 0.2) is 0 Å². The van der Waals surface area contributed by atoms with Crippen molar-refractivity contribution in [3.05, 3.63) is 16.1 Å². The summed E-state index contributed by atoms with van der Waals surface area (Å²) in [4.78, 5) is 28.9. The molecular formula is C13H18N2O3S2. The first-order valence-corrected chi connectivity index (χ1v) is 8.62. The summed E-state index contributed by atoms with van der Waals surface area (Å²) in [6.07, 6.45) is 1.76. The van der Waals surface area contributed by atoms with Crippen molar-refractivity contribution < 1.29 is 14.7 Å². The van der Waals surface area contributed by atoms with Gasteiger partial charge in [0.05, 0.1) is 10.7 Å². The van der Waals surface area contributed by atoms with Gasteiger partial charge < -0.3 is 10.0 Å². The fourth-order valence-corrected chi connectivity index (χ4v) is 3.81. The minimum Gasteiger partial charge on any atom is -0.480 e. The highest BCUT2D eigenvalue weighted by molar-refractivity contribution is 7.98. The highest BCUT2D eigenvalue weighted by Crippen LogP contribution is 2.20. The molecule has 0 bridgehead atoms. The number of aromatic nitrogens is 1. The number of hydrogen-bond acceptors (Lipinski definition) is 5. The first-order valence-electron chi connectivity index (χ1n) is 6.59. The van der Waals surface area contributed by atoms with Gasteiger partial charge >= 0.3 is 5.97 Å². The van der Waals surface area contributed by atoms with Gasteiger partial charge in [-0.15, -0.1) is 11.3 Å². The monoisotopic (exact) mass is 314 g/mol. The maximum Gasteiger partial charge on any atom is 0.326 e. The Morgan fingerprint density at radius 1 is 1.60 bits per heavy atom. The molecule has 0 spiro atoms. The fourth-order valence-electron chi connectivity index (χ4n) is 2.28. The average Bonchev–Trinajstić information content (AvgIpc) is 3.03. The summed E-state index contributed by atoms with van der Waals surface area (Å²) in [5.74, 6) is 0.580. The van der Waals surface area contributed by atoms with Crippen LogP contribution in [0.2, 0.25) is 0 Å². The molecule has 1 unspecified atom stereocenters. The summed E-state index contributed by atoms with van der Waals surface area (Å²) in [5.41, 5.74) is 1.05. The van der Waals surface area contributed by atoms with Gasteiger partial charge in [-0.25, -0.2) is 9.78 Å². The van der Waals surface area contributed by atoms with Crippen LogP contribution in [0.1, 0.15) is 30.0 Å². The van der Waals surface area contributed by atoms with Crippen molar-refractivity contribution in [2.75, 3.05) is 12.3 Å². The average molecular weight is 314 g/mol. The zero-order valence-corrected chi connectivity index (χ0v) is 13.0. The van der Waals surface area contributed by atoms with Crippen LogP contribution in [-0.2, 0) is 15.3 Å². The zero-order valence-electron chi connectivity index (χ0n) is 11.4. The molecule has 1 aromatic rings. The molecule has 1 atom stereocenters. The number of aryl methyl sites for hydroxylation is 1. The quantitative estimate of drug-likeness (QED) is 0.815. The van der Waals surface area contributed by atoms with Crippen LogP contribution in [0.25, 0.3) is 0 Å². The molecule has 0 saturated carbocycles. The summed E-state index contributed by atoms with van der Waals surface area (Å²) in [7, 11) is 0. The Balaban J connectivity index is 1.71. The lowest BCUT2D eigenvalue weighted by atomic mass is 10.2. The molecular weight excluding hydrogens is 296 g/mol. The van der Waals surface area contributed by atoms with Crippen molar-refractivity contribution in [1.29, 1.82) is 0 Å². The van der Waals surface area contributed by atoms with Crippen LogP contribution in [0.4, 0.5) is 0 Å². The van der Waals surface area contributed by atoms with Gasteiger partial charge in [-0.3, -0.25) is 4.79 Å². The van der Waals surface area contributed by atoms with Crippen LogP contribution in [0, 0.1) is 6.92 Å². The first kappa shape index (κ1) is 15.3. The van der Waals surface area contributed by atoms with E-state index in [1.807, 2.05) is 12.3 Å². The highest BCUT2D eigenvalue weighted by Gasteiger charge is 2.33. The molecule has 1 fully saturated rings. The maximum absolute atomic E-state index is 12.0. The van der Waals surface area contributed by atoms with Crippen molar-refractivity contribution in [2.24, 2.45) is 0 Å². The largest absolute Gasteiger partial charge is 0.480 e. The lowest BCUT2D eigenvalue weighted by molar-refractivity contribution is -0.148. The Bertz CT molecular complexity index is 490. The fraction of sp³-hybridized carbons (Fsp3) is 0.615. The number of thiazole rings is 1. The van der Waals surface area contributed by atoms with Gasteiger partial charge in [0.1, 0.15) is 6.04 Å². The lowest BCUT2D eigenvalue weighted by Gasteiger charge is -2.21. The molecule has 5 nitrogen and oxygen atoms in total. The molecule has 110 valence electrons.